The van der Waals surface area contributed by atoms with Crippen LogP contribution in [0.3, 0.4) is 0 Å². The molecule has 0 atom stereocenters. The van der Waals surface area contributed by atoms with Crippen LogP contribution in [-0.4, -0.2) is 15.1 Å². The Hall–Kier alpha value is -1.68. The second-order valence-corrected chi connectivity index (χ2v) is 6.12. The van der Waals surface area contributed by atoms with Gasteiger partial charge in [-0.1, -0.05) is 12.1 Å². The molecule has 3 nitrogen and oxygen atoms in total. The minimum atomic E-state index is -0.199. The molecule has 0 aliphatic rings. The highest BCUT2D eigenvalue weighted by Crippen LogP contribution is 2.12. The molecule has 0 radical (unpaired) electrons. The predicted octanol–water partition coefficient (Wildman–Crippen LogP) is 3.27. The number of aromatic nitrogens is 2. The van der Waals surface area contributed by atoms with Crippen molar-refractivity contribution in [3.63, 3.8) is 0 Å². The molecule has 0 saturated carbocycles. The lowest BCUT2D eigenvalue weighted by atomic mass is 10.1. The van der Waals surface area contributed by atoms with Crippen molar-refractivity contribution in [2.45, 2.75) is 46.3 Å². The van der Waals surface area contributed by atoms with E-state index in [1.165, 1.54) is 6.07 Å². The van der Waals surface area contributed by atoms with Gasteiger partial charge in [0, 0.05) is 24.8 Å². The largest absolute Gasteiger partial charge is 0.327 e. The summed E-state index contributed by atoms with van der Waals surface area (Å²) in [6.07, 6.45) is 1.88. The molecule has 1 N–H and O–H groups in total. The van der Waals surface area contributed by atoms with Gasteiger partial charge in [-0.2, -0.15) is 0 Å². The van der Waals surface area contributed by atoms with Crippen molar-refractivity contribution in [2.75, 3.05) is 0 Å². The molecular formula is C16H22FN3. The number of rotatable bonds is 4. The Bertz CT molecular complexity index is 582. The Labute approximate surface area is 119 Å². The van der Waals surface area contributed by atoms with Crippen LogP contribution in [0.5, 0.6) is 0 Å². The smallest absolute Gasteiger partial charge is 0.123 e. The molecule has 1 aromatic carbocycles. The fraction of sp³-hybridized carbons (Fsp3) is 0.438. The van der Waals surface area contributed by atoms with Gasteiger partial charge in [-0.05, 0) is 45.4 Å². The van der Waals surface area contributed by atoms with Gasteiger partial charge in [-0.15, -0.1) is 0 Å². The van der Waals surface area contributed by atoms with E-state index in [1.54, 1.807) is 12.1 Å². The summed E-state index contributed by atoms with van der Waals surface area (Å²) in [7, 11) is 0. The summed E-state index contributed by atoms with van der Waals surface area (Å²) >= 11 is 0. The zero-order valence-corrected chi connectivity index (χ0v) is 12.6. The Morgan fingerprint density at radius 1 is 1.30 bits per heavy atom. The molecule has 0 amide bonds. The standard InChI is InChI=1S/C16H22FN3/c1-12-18-9-15(10-19-16(2,3)4)20(12)11-13-6-5-7-14(17)8-13/h5-9,19H,10-11H2,1-4H3. The normalized spacial score (nSPS) is 11.8. The van der Waals surface area contributed by atoms with Gasteiger partial charge in [0.2, 0.25) is 0 Å². The average molecular weight is 275 g/mol. The summed E-state index contributed by atoms with van der Waals surface area (Å²) in [5.41, 5.74) is 2.12. The molecule has 0 aliphatic carbocycles. The third-order valence-electron chi connectivity index (χ3n) is 3.17. The first-order valence-corrected chi connectivity index (χ1v) is 6.85. The van der Waals surface area contributed by atoms with Crippen molar-refractivity contribution in [1.29, 1.82) is 0 Å². The molecule has 2 rings (SSSR count). The summed E-state index contributed by atoms with van der Waals surface area (Å²) in [4.78, 5) is 4.37. The lowest BCUT2D eigenvalue weighted by molar-refractivity contribution is 0.416. The Morgan fingerprint density at radius 2 is 2.05 bits per heavy atom. The summed E-state index contributed by atoms with van der Waals surface area (Å²) in [5.74, 6) is 0.745. The molecule has 4 heteroatoms. The van der Waals surface area contributed by atoms with Crippen molar-refractivity contribution >= 4 is 0 Å². The number of hydrogen-bond donors (Lipinski definition) is 1. The first kappa shape index (κ1) is 14.7. The van der Waals surface area contributed by atoms with Gasteiger partial charge in [-0.25, -0.2) is 9.37 Å². The highest BCUT2D eigenvalue weighted by atomic mass is 19.1. The fourth-order valence-corrected chi connectivity index (χ4v) is 2.05. The second kappa shape index (κ2) is 5.75. The summed E-state index contributed by atoms with van der Waals surface area (Å²) < 4.78 is 15.4. The molecule has 0 saturated heterocycles. The Balaban J connectivity index is 2.17. The topological polar surface area (TPSA) is 29.9 Å². The molecule has 0 spiro atoms. The lowest BCUT2D eigenvalue weighted by Crippen LogP contribution is -2.35. The predicted molar refractivity (Wildman–Crippen MR) is 79.1 cm³/mol. The SMILES string of the molecule is Cc1ncc(CNC(C)(C)C)n1Cc1cccc(F)c1. The van der Waals surface area contributed by atoms with Crippen LogP contribution in [-0.2, 0) is 13.1 Å². The van der Waals surface area contributed by atoms with Crippen LogP contribution in [0.2, 0.25) is 0 Å². The maximum Gasteiger partial charge on any atom is 0.123 e. The zero-order valence-electron chi connectivity index (χ0n) is 12.6. The van der Waals surface area contributed by atoms with E-state index < -0.39 is 0 Å². The van der Waals surface area contributed by atoms with Crippen LogP contribution in [0, 0.1) is 12.7 Å². The minimum absolute atomic E-state index is 0.0574. The highest BCUT2D eigenvalue weighted by Gasteiger charge is 2.12. The number of benzene rings is 1. The summed E-state index contributed by atoms with van der Waals surface area (Å²) in [6, 6.07) is 6.71. The maximum absolute atomic E-state index is 13.3. The highest BCUT2D eigenvalue weighted by molar-refractivity contribution is 5.18. The molecular weight excluding hydrogens is 253 g/mol. The van der Waals surface area contributed by atoms with Crippen molar-refractivity contribution in [3.8, 4) is 0 Å². The average Bonchev–Trinajstić information content (AvgIpc) is 2.68. The first-order valence-electron chi connectivity index (χ1n) is 6.85. The fourth-order valence-electron chi connectivity index (χ4n) is 2.05. The van der Waals surface area contributed by atoms with Gasteiger partial charge in [0.1, 0.15) is 11.6 Å². The second-order valence-electron chi connectivity index (χ2n) is 6.12. The van der Waals surface area contributed by atoms with Gasteiger partial charge in [0.15, 0.2) is 0 Å². The van der Waals surface area contributed by atoms with E-state index >= 15 is 0 Å². The van der Waals surface area contributed by atoms with Gasteiger partial charge in [0.25, 0.3) is 0 Å². The third-order valence-corrected chi connectivity index (χ3v) is 3.17. The monoisotopic (exact) mass is 275 g/mol. The first-order chi connectivity index (χ1) is 9.35. The van der Waals surface area contributed by atoms with Crippen molar-refractivity contribution < 1.29 is 4.39 Å². The number of aryl methyl sites for hydroxylation is 1. The summed E-state index contributed by atoms with van der Waals surface area (Å²) in [6.45, 7) is 9.76. The van der Waals surface area contributed by atoms with Crippen LogP contribution in [0.15, 0.2) is 30.5 Å². The van der Waals surface area contributed by atoms with Crippen LogP contribution < -0.4 is 5.32 Å². The van der Waals surface area contributed by atoms with Gasteiger partial charge in [-0.3, -0.25) is 0 Å². The Morgan fingerprint density at radius 3 is 2.70 bits per heavy atom. The molecule has 108 valence electrons. The number of halogens is 1. The van der Waals surface area contributed by atoms with E-state index in [-0.39, 0.29) is 11.4 Å². The zero-order chi connectivity index (χ0) is 14.8. The molecule has 20 heavy (non-hydrogen) atoms. The number of nitrogens with zero attached hydrogens (tertiary/aromatic N) is 2. The van der Waals surface area contributed by atoms with Crippen LogP contribution in [0.25, 0.3) is 0 Å². The molecule has 0 fully saturated rings. The molecule has 0 unspecified atom stereocenters. The molecule has 1 aromatic heterocycles. The van der Waals surface area contributed by atoms with E-state index in [1.807, 2.05) is 19.2 Å². The number of hydrogen-bond acceptors (Lipinski definition) is 2. The minimum Gasteiger partial charge on any atom is -0.327 e. The van der Waals surface area contributed by atoms with E-state index in [2.05, 4.69) is 35.6 Å². The molecule has 1 heterocycles. The van der Waals surface area contributed by atoms with Gasteiger partial charge in [0.05, 0.1) is 5.69 Å². The maximum atomic E-state index is 13.3. The van der Waals surface area contributed by atoms with Crippen molar-refractivity contribution in [2.24, 2.45) is 0 Å². The van der Waals surface area contributed by atoms with Crippen LogP contribution in [0.4, 0.5) is 4.39 Å². The van der Waals surface area contributed by atoms with E-state index in [9.17, 15) is 4.39 Å². The quantitative estimate of drug-likeness (QED) is 0.928. The number of nitrogens with one attached hydrogen (secondary N) is 1. The number of imidazole rings is 1. The Kier molecular flexibility index (Phi) is 4.23. The lowest BCUT2D eigenvalue weighted by Gasteiger charge is -2.21. The third kappa shape index (κ3) is 3.90. The van der Waals surface area contributed by atoms with E-state index in [0.29, 0.717) is 6.54 Å². The molecule has 0 bridgehead atoms. The van der Waals surface area contributed by atoms with Crippen LogP contribution in [0.1, 0.15) is 37.9 Å². The summed E-state index contributed by atoms with van der Waals surface area (Å²) in [5, 5.41) is 3.45. The van der Waals surface area contributed by atoms with E-state index in [4.69, 9.17) is 0 Å². The van der Waals surface area contributed by atoms with Crippen LogP contribution >= 0.6 is 0 Å². The van der Waals surface area contributed by atoms with Gasteiger partial charge >= 0.3 is 0 Å². The van der Waals surface area contributed by atoms with Gasteiger partial charge < -0.3 is 9.88 Å². The molecule has 2 aromatic rings. The van der Waals surface area contributed by atoms with Crippen molar-refractivity contribution in [1.82, 2.24) is 14.9 Å². The molecule has 0 aliphatic heterocycles. The van der Waals surface area contributed by atoms with Crippen molar-refractivity contribution in [3.05, 3.63) is 53.4 Å². The van der Waals surface area contributed by atoms with E-state index in [0.717, 1.165) is 23.6 Å².